The van der Waals surface area contributed by atoms with Crippen LogP contribution in [0.25, 0.3) is 0 Å². The first-order valence-corrected chi connectivity index (χ1v) is 5.24. The highest BCUT2D eigenvalue weighted by molar-refractivity contribution is 5.99. The fraction of sp³-hybridized carbons (Fsp3) is 0.417. The molecular formula is C12H16N2O. The van der Waals surface area contributed by atoms with Crippen LogP contribution in [-0.2, 0) is 4.79 Å². The average Bonchev–Trinajstić information content (AvgIpc) is 2.53. The maximum atomic E-state index is 11.8. The molecule has 1 fully saturated rings. The molecule has 0 radical (unpaired) electrons. The SMILES string of the molecule is Cc1cccc(N2CCC(N)C2=O)c1C. The number of hydrogen-bond acceptors (Lipinski definition) is 2. The van der Waals surface area contributed by atoms with Crippen molar-refractivity contribution >= 4 is 11.6 Å². The van der Waals surface area contributed by atoms with Gasteiger partial charge in [0.1, 0.15) is 0 Å². The van der Waals surface area contributed by atoms with E-state index in [0.717, 1.165) is 18.7 Å². The zero-order valence-electron chi connectivity index (χ0n) is 9.16. The molecule has 1 aliphatic heterocycles. The Morgan fingerprint density at radius 3 is 2.73 bits per heavy atom. The number of rotatable bonds is 1. The summed E-state index contributed by atoms with van der Waals surface area (Å²) in [6, 6.07) is 5.71. The van der Waals surface area contributed by atoms with Crippen LogP contribution >= 0.6 is 0 Å². The van der Waals surface area contributed by atoms with E-state index in [-0.39, 0.29) is 11.9 Å². The van der Waals surface area contributed by atoms with E-state index >= 15 is 0 Å². The van der Waals surface area contributed by atoms with E-state index in [4.69, 9.17) is 5.73 Å². The summed E-state index contributed by atoms with van der Waals surface area (Å²) in [5.41, 5.74) is 9.09. The summed E-state index contributed by atoms with van der Waals surface area (Å²) in [4.78, 5) is 13.6. The maximum Gasteiger partial charge on any atom is 0.243 e. The number of hydrogen-bond donors (Lipinski definition) is 1. The molecule has 0 aromatic heterocycles. The number of aryl methyl sites for hydroxylation is 1. The van der Waals surface area contributed by atoms with Crippen molar-refractivity contribution in [1.29, 1.82) is 0 Å². The van der Waals surface area contributed by atoms with Gasteiger partial charge < -0.3 is 10.6 Å². The standard InChI is InChI=1S/C12H16N2O/c1-8-4-3-5-11(9(8)2)14-7-6-10(13)12(14)15/h3-5,10H,6-7,13H2,1-2H3. The Morgan fingerprint density at radius 1 is 1.40 bits per heavy atom. The van der Waals surface area contributed by atoms with Crippen LogP contribution in [0.2, 0.25) is 0 Å². The van der Waals surface area contributed by atoms with Crippen molar-refractivity contribution in [3.63, 3.8) is 0 Å². The number of benzene rings is 1. The minimum Gasteiger partial charge on any atom is -0.320 e. The summed E-state index contributed by atoms with van der Waals surface area (Å²) in [5, 5.41) is 0. The van der Waals surface area contributed by atoms with E-state index in [9.17, 15) is 4.79 Å². The molecule has 1 heterocycles. The van der Waals surface area contributed by atoms with Gasteiger partial charge in [-0.3, -0.25) is 4.79 Å². The first-order valence-electron chi connectivity index (χ1n) is 5.24. The number of amides is 1. The molecule has 1 aromatic carbocycles. The predicted octanol–water partition coefficient (Wildman–Crippen LogP) is 1.37. The highest BCUT2D eigenvalue weighted by Gasteiger charge is 2.30. The summed E-state index contributed by atoms with van der Waals surface area (Å²) in [5.74, 6) is 0.0451. The van der Waals surface area contributed by atoms with Crippen LogP contribution in [0.15, 0.2) is 18.2 Å². The lowest BCUT2D eigenvalue weighted by atomic mass is 10.1. The largest absolute Gasteiger partial charge is 0.320 e. The number of carbonyl (C=O) groups excluding carboxylic acids is 1. The monoisotopic (exact) mass is 204 g/mol. The molecule has 80 valence electrons. The Hall–Kier alpha value is -1.35. The van der Waals surface area contributed by atoms with Gasteiger partial charge in [-0.25, -0.2) is 0 Å². The van der Waals surface area contributed by atoms with Crippen LogP contribution < -0.4 is 10.6 Å². The zero-order valence-corrected chi connectivity index (χ0v) is 9.16. The number of nitrogens with two attached hydrogens (primary N) is 1. The van der Waals surface area contributed by atoms with Crippen molar-refractivity contribution in [2.45, 2.75) is 26.3 Å². The lowest BCUT2D eigenvalue weighted by Crippen LogP contribution is -2.34. The first-order chi connectivity index (χ1) is 7.11. The third kappa shape index (κ3) is 1.63. The Labute approximate surface area is 89.9 Å². The van der Waals surface area contributed by atoms with Crippen LogP contribution in [0.3, 0.4) is 0 Å². The predicted molar refractivity (Wildman–Crippen MR) is 60.9 cm³/mol. The van der Waals surface area contributed by atoms with Gasteiger partial charge in [0, 0.05) is 12.2 Å². The molecule has 0 saturated carbocycles. The number of carbonyl (C=O) groups is 1. The highest BCUT2D eigenvalue weighted by Crippen LogP contribution is 2.26. The molecule has 3 heteroatoms. The molecule has 2 N–H and O–H groups in total. The topological polar surface area (TPSA) is 46.3 Å². The van der Waals surface area contributed by atoms with Gasteiger partial charge >= 0.3 is 0 Å². The number of anilines is 1. The fourth-order valence-corrected chi connectivity index (χ4v) is 1.97. The zero-order chi connectivity index (χ0) is 11.0. The van der Waals surface area contributed by atoms with E-state index in [1.807, 2.05) is 19.1 Å². The molecule has 1 saturated heterocycles. The average molecular weight is 204 g/mol. The van der Waals surface area contributed by atoms with Crippen molar-refractivity contribution in [2.75, 3.05) is 11.4 Å². The third-order valence-corrected chi connectivity index (χ3v) is 3.11. The van der Waals surface area contributed by atoms with Gasteiger partial charge in [-0.1, -0.05) is 12.1 Å². The van der Waals surface area contributed by atoms with Crippen molar-refractivity contribution in [1.82, 2.24) is 0 Å². The molecule has 1 aliphatic rings. The van der Waals surface area contributed by atoms with Crippen LogP contribution in [0.1, 0.15) is 17.5 Å². The lowest BCUT2D eigenvalue weighted by molar-refractivity contribution is -0.118. The maximum absolute atomic E-state index is 11.8. The second-order valence-electron chi connectivity index (χ2n) is 4.10. The van der Waals surface area contributed by atoms with E-state index in [1.165, 1.54) is 11.1 Å². The molecule has 1 unspecified atom stereocenters. The van der Waals surface area contributed by atoms with E-state index in [1.54, 1.807) is 4.90 Å². The van der Waals surface area contributed by atoms with Crippen molar-refractivity contribution in [3.05, 3.63) is 29.3 Å². The van der Waals surface area contributed by atoms with Gasteiger partial charge in [0.2, 0.25) is 5.91 Å². The van der Waals surface area contributed by atoms with Gasteiger partial charge in [0.05, 0.1) is 6.04 Å². The second kappa shape index (κ2) is 3.66. The minimum absolute atomic E-state index is 0.0451. The lowest BCUT2D eigenvalue weighted by Gasteiger charge is -2.19. The molecule has 1 aromatic rings. The summed E-state index contributed by atoms with van der Waals surface area (Å²) < 4.78 is 0. The van der Waals surface area contributed by atoms with Gasteiger partial charge in [-0.05, 0) is 37.5 Å². The summed E-state index contributed by atoms with van der Waals surface area (Å²) in [6.45, 7) is 4.84. The van der Waals surface area contributed by atoms with Crippen molar-refractivity contribution in [2.24, 2.45) is 5.73 Å². The Bertz CT molecular complexity index is 401. The van der Waals surface area contributed by atoms with Crippen molar-refractivity contribution in [3.8, 4) is 0 Å². The molecule has 1 atom stereocenters. The quantitative estimate of drug-likeness (QED) is 0.751. The van der Waals surface area contributed by atoms with Crippen LogP contribution in [-0.4, -0.2) is 18.5 Å². The highest BCUT2D eigenvalue weighted by atomic mass is 16.2. The smallest absolute Gasteiger partial charge is 0.243 e. The van der Waals surface area contributed by atoms with Gasteiger partial charge in [0.25, 0.3) is 0 Å². The Balaban J connectivity index is 2.38. The van der Waals surface area contributed by atoms with Crippen LogP contribution in [0, 0.1) is 13.8 Å². The molecule has 3 nitrogen and oxygen atoms in total. The molecule has 2 rings (SSSR count). The fourth-order valence-electron chi connectivity index (χ4n) is 1.97. The van der Waals surface area contributed by atoms with Gasteiger partial charge in [-0.15, -0.1) is 0 Å². The molecule has 0 aliphatic carbocycles. The first kappa shape index (κ1) is 10.2. The second-order valence-corrected chi connectivity index (χ2v) is 4.10. The summed E-state index contributed by atoms with van der Waals surface area (Å²) in [6.07, 6.45) is 0.756. The summed E-state index contributed by atoms with van der Waals surface area (Å²) in [7, 11) is 0. The molecule has 0 spiro atoms. The Kier molecular flexibility index (Phi) is 2.49. The Morgan fingerprint density at radius 2 is 2.13 bits per heavy atom. The number of nitrogens with zero attached hydrogens (tertiary/aromatic N) is 1. The molecule has 0 bridgehead atoms. The van der Waals surface area contributed by atoms with E-state index < -0.39 is 0 Å². The minimum atomic E-state index is -0.315. The van der Waals surface area contributed by atoms with Gasteiger partial charge in [0.15, 0.2) is 0 Å². The normalized spacial score (nSPS) is 21.1. The summed E-state index contributed by atoms with van der Waals surface area (Å²) >= 11 is 0. The van der Waals surface area contributed by atoms with Crippen molar-refractivity contribution < 1.29 is 4.79 Å². The third-order valence-electron chi connectivity index (χ3n) is 3.11. The van der Waals surface area contributed by atoms with Gasteiger partial charge in [-0.2, -0.15) is 0 Å². The molecule has 15 heavy (non-hydrogen) atoms. The van der Waals surface area contributed by atoms with Crippen LogP contribution in [0.5, 0.6) is 0 Å². The molecular weight excluding hydrogens is 188 g/mol. The van der Waals surface area contributed by atoms with E-state index in [2.05, 4.69) is 13.0 Å². The molecule has 1 amide bonds. The van der Waals surface area contributed by atoms with E-state index in [0.29, 0.717) is 0 Å². The van der Waals surface area contributed by atoms with Crippen LogP contribution in [0.4, 0.5) is 5.69 Å².